The van der Waals surface area contributed by atoms with Gasteiger partial charge in [-0.2, -0.15) is 0 Å². The monoisotopic (exact) mass is 158 g/mol. The number of nitrogens with zero attached hydrogens (tertiary/aromatic N) is 1. The number of nitrogens with one attached hydrogen (secondary N) is 1. The van der Waals surface area contributed by atoms with Gasteiger partial charge in [0.25, 0.3) is 6.20 Å². The Bertz CT molecular complexity index is 299. The van der Waals surface area contributed by atoms with Crippen molar-refractivity contribution in [2.45, 2.75) is 13.0 Å². The van der Waals surface area contributed by atoms with E-state index in [9.17, 15) is 14.7 Å². The summed E-state index contributed by atoms with van der Waals surface area (Å²) in [4.78, 5) is 20.3. The second kappa shape index (κ2) is 3.00. The zero-order chi connectivity index (χ0) is 8.27. The molecule has 1 heterocycles. The predicted octanol–water partition coefficient (Wildman–Crippen LogP) is -2.60. The van der Waals surface area contributed by atoms with Crippen LogP contribution in [0.4, 0.5) is 0 Å². The van der Waals surface area contributed by atoms with Crippen molar-refractivity contribution in [1.82, 2.24) is 5.27 Å². The van der Waals surface area contributed by atoms with E-state index in [1.54, 1.807) is 0 Å². The van der Waals surface area contributed by atoms with Gasteiger partial charge in [0.05, 0.1) is 0 Å². The summed E-state index contributed by atoms with van der Waals surface area (Å²) < 4.78 is 5.50. The molecule has 0 spiro atoms. The van der Waals surface area contributed by atoms with Gasteiger partial charge in [-0.1, -0.05) is 4.68 Å². The third-order valence-corrected chi connectivity index (χ3v) is 1.08. The highest BCUT2D eigenvalue weighted by Gasteiger charge is 2.03. The van der Waals surface area contributed by atoms with Crippen molar-refractivity contribution in [2.75, 3.05) is 0 Å². The molecule has 6 nitrogen and oxygen atoms in total. The molecule has 11 heavy (non-hydrogen) atoms. The first-order valence-corrected chi connectivity index (χ1v) is 2.96. The molecule has 0 radical (unpaired) electrons. The molecular weight excluding hydrogens is 152 g/mol. The topological polar surface area (TPSA) is 90.0 Å². The second-order valence-electron chi connectivity index (χ2n) is 1.96. The molecule has 0 amide bonds. The van der Waals surface area contributed by atoms with Crippen molar-refractivity contribution >= 4 is 5.97 Å². The van der Waals surface area contributed by atoms with E-state index in [1.165, 1.54) is 4.68 Å². The molecule has 6 heteroatoms. The fraction of sp³-hybridized carbons (Fsp3) is 0.400. The fourth-order valence-electron chi connectivity index (χ4n) is 0.605. The summed E-state index contributed by atoms with van der Waals surface area (Å²) in [7, 11) is 0. The maximum atomic E-state index is 10.4. The standard InChI is InChI=1S/C5H6N2O4/c8-4(9)1-2-7-3-5(10)11-6-7/h3H,1-2H2,(H-,6,8,9,10). The Kier molecular flexibility index (Phi) is 2.05. The Morgan fingerprint density at radius 1 is 1.82 bits per heavy atom. The van der Waals surface area contributed by atoms with Gasteiger partial charge in [-0.25, -0.2) is 4.79 Å². The molecule has 1 aromatic rings. The van der Waals surface area contributed by atoms with E-state index < -0.39 is 11.6 Å². The van der Waals surface area contributed by atoms with Crippen LogP contribution < -0.4 is 15.4 Å². The van der Waals surface area contributed by atoms with Crippen molar-refractivity contribution < 1.29 is 19.1 Å². The number of carboxylic acids is 1. The summed E-state index contributed by atoms with van der Waals surface area (Å²) in [6.45, 7) is 0.147. The quantitative estimate of drug-likeness (QED) is 0.488. The number of hydrogen-bond acceptors (Lipinski definition) is 4. The van der Waals surface area contributed by atoms with Crippen LogP contribution in [0.1, 0.15) is 6.42 Å². The Hall–Kier alpha value is -1.59. The molecule has 0 aliphatic heterocycles. The van der Waals surface area contributed by atoms with Crippen molar-refractivity contribution in [2.24, 2.45) is 0 Å². The molecule has 60 valence electrons. The van der Waals surface area contributed by atoms with E-state index in [0.29, 0.717) is 0 Å². The van der Waals surface area contributed by atoms with Crippen molar-refractivity contribution in [1.29, 1.82) is 0 Å². The molecule has 0 aliphatic carbocycles. The molecule has 0 aliphatic rings. The third-order valence-electron chi connectivity index (χ3n) is 1.08. The second-order valence-corrected chi connectivity index (χ2v) is 1.96. The van der Waals surface area contributed by atoms with Gasteiger partial charge in [-0.05, 0) is 5.27 Å². The average molecular weight is 158 g/mol. The van der Waals surface area contributed by atoms with Crippen LogP contribution in [-0.2, 0) is 11.3 Å². The van der Waals surface area contributed by atoms with E-state index >= 15 is 0 Å². The van der Waals surface area contributed by atoms with Gasteiger partial charge in [0.2, 0.25) is 0 Å². The SMILES string of the molecule is O=C([O-])CC[n+]1cc(=O)o[nH]1. The molecule has 1 N–H and O–H groups in total. The number of aryl methyl sites for hydroxylation is 1. The van der Waals surface area contributed by atoms with E-state index in [1.807, 2.05) is 0 Å². The first-order valence-electron chi connectivity index (χ1n) is 2.96. The minimum absolute atomic E-state index is 0.147. The number of aromatic amines is 1. The lowest BCUT2D eigenvalue weighted by Gasteiger charge is -1.92. The number of rotatable bonds is 3. The molecular formula is C5H6N2O4. The molecule has 0 atom stereocenters. The van der Waals surface area contributed by atoms with Crippen LogP contribution in [0.15, 0.2) is 15.5 Å². The Labute approximate surface area is 61.0 Å². The van der Waals surface area contributed by atoms with E-state index in [4.69, 9.17) is 0 Å². The van der Waals surface area contributed by atoms with Gasteiger partial charge in [-0.15, -0.1) is 0 Å². The lowest BCUT2D eigenvalue weighted by molar-refractivity contribution is -0.761. The molecule has 0 saturated heterocycles. The lowest BCUT2D eigenvalue weighted by Crippen LogP contribution is -2.38. The van der Waals surface area contributed by atoms with Gasteiger partial charge in [0, 0.05) is 12.4 Å². The number of carbonyl (C=O) groups excluding carboxylic acids is 1. The minimum atomic E-state index is -1.17. The molecule has 0 saturated carbocycles. The summed E-state index contributed by atoms with van der Waals surface area (Å²) in [5.41, 5.74) is -0.539. The number of carboxylic acid groups (broad SMARTS) is 1. The highest BCUT2D eigenvalue weighted by molar-refractivity contribution is 5.63. The van der Waals surface area contributed by atoms with Gasteiger partial charge in [-0.3, -0.25) is 4.52 Å². The average Bonchev–Trinajstić information content (AvgIpc) is 2.31. The van der Waals surface area contributed by atoms with Gasteiger partial charge in [0.15, 0.2) is 6.54 Å². The number of aromatic nitrogens is 2. The van der Waals surface area contributed by atoms with Crippen molar-refractivity contribution in [3.63, 3.8) is 0 Å². The van der Waals surface area contributed by atoms with E-state index in [2.05, 4.69) is 9.79 Å². The van der Waals surface area contributed by atoms with Crippen LogP contribution in [0.3, 0.4) is 0 Å². The third kappa shape index (κ3) is 2.24. The predicted molar refractivity (Wildman–Crippen MR) is 29.1 cm³/mol. The molecule has 0 bridgehead atoms. The van der Waals surface area contributed by atoms with Crippen LogP contribution in [0.5, 0.6) is 0 Å². The van der Waals surface area contributed by atoms with Gasteiger partial charge in [0.1, 0.15) is 0 Å². The van der Waals surface area contributed by atoms with Crippen LogP contribution in [0.25, 0.3) is 0 Å². The Balaban J connectivity index is 2.51. The van der Waals surface area contributed by atoms with E-state index in [-0.39, 0.29) is 13.0 Å². The maximum Gasteiger partial charge on any atom is 0.426 e. The zero-order valence-electron chi connectivity index (χ0n) is 5.57. The van der Waals surface area contributed by atoms with Crippen LogP contribution in [0.2, 0.25) is 0 Å². The molecule has 0 fully saturated rings. The molecule has 0 unspecified atom stereocenters. The fourth-order valence-corrected chi connectivity index (χ4v) is 0.605. The zero-order valence-corrected chi connectivity index (χ0v) is 5.57. The van der Waals surface area contributed by atoms with Crippen LogP contribution in [-0.4, -0.2) is 11.2 Å². The van der Waals surface area contributed by atoms with Crippen LogP contribution >= 0.6 is 0 Å². The number of hydrogen-bond donors (Lipinski definition) is 1. The lowest BCUT2D eigenvalue weighted by atomic mass is 10.4. The summed E-state index contributed by atoms with van der Waals surface area (Å²) in [6.07, 6.45) is 0.975. The van der Waals surface area contributed by atoms with Gasteiger partial charge >= 0.3 is 5.63 Å². The molecule has 1 rings (SSSR count). The summed E-state index contributed by atoms with van der Waals surface area (Å²) >= 11 is 0. The Morgan fingerprint density at radius 2 is 2.55 bits per heavy atom. The van der Waals surface area contributed by atoms with Crippen molar-refractivity contribution in [3.05, 3.63) is 16.6 Å². The highest BCUT2D eigenvalue weighted by atomic mass is 16.5. The normalized spacial score (nSPS) is 9.82. The summed E-state index contributed by atoms with van der Waals surface area (Å²) in [5, 5.41) is 12.1. The minimum Gasteiger partial charge on any atom is -0.550 e. The summed E-state index contributed by atoms with van der Waals surface area (Å²) in [5.74, 6) is -1.17. The molecule has 1 aromatic heterocycles. The Morgan fingerprint density at radius 3 is 3.00 bits per heavy atom. The first-order chi connectivity index (χ1) is 5.18. The highest BCUT2D eigenvalue weighted by Crippen LogP contribution is 1.72. The number of carbonyl (C=O) groups is 1. The maximum absolute atomic E-state index is 10.4. The largest absolute Gasteiger partial charge is 0.550 e. The number of H-pyrrole nitrogens is 1. The molecule has 0 aromatic carbocycles. The number of aliphatic carboxylic acids is 1. The first kappa shape index (κ1) is 7.52. The van der Waals surface area contributed by atoms with Crippen molar-refractivity contribution in [3.8, 4) is 0 Å². The van der Waals surface area contributed by atoms with Gasteiger partial charge < -0.3 is 9.90 Å². The summed E-state index contributed by atoms with van der Waals surface area (Å²) in [6, 6.07) is 0. The van der Waals surface area contributed by atoms with E-state index in [0.717, 1.165) is 6.20 Å². The smallest absolute Gasteiger partial charge is 0.426 e. The van der Waals surface area contributed by atoms with Crippen LogP contribution in [0, 0.1) is 0 Å².